The highest BCUT2D eigenvalue weighted by molar-refractivity contribution is 5.83. The van der Waals surface area contributed by atoms with Gasteiger partial charge in [0.2, 0.25) is 0 Å². The van der Waals surface area contributed by atoms with Crippen LogP contribution < -0.4 is 4.90 Å². The lowest BCUT2D eigenvalue weighted by atomic mass is 9.68. The molecule has 2 atom stereocenters. The van der Waals surface area contributed by atoms with Crippen molar-refractivity contribution in [2.75, 3.05) is 31.6 Å². The van der Waals surface area contributed by atoms with Crippen LogP contribution >= 0.6 is 0 Å². The lowest BCUT2D eigenvalue weighted by Crippen LogP contribution is -2.63. The zero-order chi connectivity index (χ0) is 19.2. The summed E-state index contributed by atoms with van der Waals surface area (Å²) in [4.78, 5) is 21.4. The fourth-order valence-electron chi connectivity index (χ4n) is 4.88. The summed E-state index contributed by atoms with van der Waals surface area (Å²) in [5, 5.41) is 20.9. The molecule has 1 aromatic carbocycles. The minimum absolute atomic E-state index is 0.0425. The molecule has 2 saturated heterocycles. The first kappa shape index (κ1) is 18.2. The molecule has 0 bridgehead atoms. The van der Waals surface area contributed by atoms with Gasteiger partial charge >= 0.3 is 5.97 Å². The van der Waals surface area contributed by atoms with E-state index in [0.717, 1.165) is 47.2 Å². The third-order valence-corrected chi connectivity index (χ3v) is 6.45. The molecule has 0 radical (unpaired) electrons. The van der Waals surface area contributed by atoms with Crippen LogP contribution in [-0.4, -0.2) is 58.8 Å². The van der Waals surface area contributed by atoms with Crippen LogP contribution in [0.25, 0.3) is 10.9 Å². The number of aryl methyl sites for hydroxylation is 1. The molecule has 0 saturated carbocycles. The third-order valence-electron chi connectivity index (χ3n) is 6.45. The highest BCUT2D eigenvalue weighted by Crippen LogP contribution is 2.43. The number of aromatic nitrogens is 1. The molecule has 4 rings (SSSR count). The second kappa shape index (κ2) is 6.77. The molecular formula is C21H27N3O3. The van der Waals surface area contributed by atoms with Crippen molar-refractivity contribution in [2.45, 2.75) is 38.8 Å². The lowest BCUT2D eigenvalue weighted by molar-refractivity contribution is -0.158. The average Bonchev–Trinajstić information content (AvgIpc) is 2.66. The molecule has 2 N–H and O–H groups in total. The number of carboxylic acids is 1. The van der Waals surface area contributed by atoms with Crippen molar-refractivity contribution in [2.24, 2.45) is 5.41 Å². The second-order valence-corrected chi connectivity index (χ2v) is 8.08. The van der Waals surface area contributed by atoms with E-state index in [-0.39, 0.29) is 12.6 Å². The molecule has 3 heterocycles. The zero-order valence-corrected chi connectivity index (χ0v) is 16.0. The van der Waals surface area contributed by atoms with Crippen LogP contribution in [0.2, 0.25) is 0 Å². The zero-order valence-electron chi connectivity index (χ0n) is 16.0. The largest absolute Gasteiger partial charge is 0.481 e. The van der Waals surface area contributed by atoms with Crippen LogP contribution in [-0.2, 0) is 11.4 Å². The highest BCUT2D eigenvalue weighted by atomic mass is 16.4. The van der Waals surface area contributed by atoms with Gasteiger partial charge in [0, 0.05) is 30.1 Å². The predicted octanol–water partition coefficient (Wildman–Crippen LogP) is 2.41. The maximum atomic E-state index is 12.1. The molecule has 27 heavy (non-hydrogen) atoms. The number of hydrogen-bond donors (Lipinski definition) is 2. The molecule has 144 valence electrons. The van der Waals surface area contributed by atoms with Gasteiger partial charge in [-0.1, -0.05) is 12.1 Å². The number of aliphatic carboxylic acids is 1. The SMILES string of the molecule is Cc1ccc2cc(CO)c(N3CC[C@@]4(C(=O)O)CCCN(C)[C@@H]4C3)nc2c1. The van der Waals surface area contributed by atoms with Gasteiger partial charge in [0.1, 0.15) is 5.82 Å². The van der Waals surface area contributed by atoms with Crippen molar-refractivity contribution in [3.8, 4) is 0 Å². The first-order chi connectivity index (χ1) is 12.9. The van der Waals surface area contributed by atoms with Gasteiger partial charge in [-0.05, 0) is 57.5 Å². The van der Waals surface area contributed by atoms with Gasteiger partial charge in [0.25, 0.3) is 0 Å². The third kappa shape index (κ3) is 2.97. The van der Waals surface area contributed by atoms with Gasteiger partial charge in [-0.3, -0.25) is 4.79 Å². The number of fused-ring (bicyclic) bond motifs is 2. The van der Waals surface area contributed by atoms with Crippen LogP contribution in [0.1, 0.15) is 30.4 Å². The number of benzene rings is 1. The molecule has 0 amide bonds. The summed E-state index contributed by atoms with van der Waals surface area (Å²) in [7, 11) is 2.02. The van der Waals surface area contributed by atoms with Gasteiger partial charge in [-0.15, -0.1) is 0 Å². The van der Waals surface area contributed by atoms with Crippen LogP contribution in [0, 0.1) is 12.3 Å². The van der Waals surface area contributed by atoms with E-state index in [4.69, 9.17) is 4.98 Å². The monoisotopic (exact) mass is 369 g/mol. The summed E-state index contributed by atoms with van der Waals surface area (Å²) in [5.41, 5.74) is 2.19. The maximum absolute atomic E-state index is 12.1. The Morgan fingerprint density at radius 1 is 1.30 bits per heavy atom. The standard InChI is InChI=1S/C21H27N3O3/c1-14-4-5-15-11-16(13-25)19(22-17(15)10-14)24-9-7-21(20(26)27)6-3-8-23(2)18(21)12-24/h4-5,10-11,18,25H,3,6-9,12-13H2,1-2H3,(H,26,27)/t18-,21+/m1/s1. The van der Waals surface area contributed by atoms with Crippen molar-refractivity contribution in [1.29, 1.82) is 0 Å². The van der Waals surface area contributed by atoms with E-state index < -0.39 is 11.4 Å². The van der Waals surface area contributed by atoms with Gasteiger partial charge in [0.15, 0.2) is 0 Å². The van der Waals surface area contributed by atoms with E-state index in [1.165, 1.54) is 0 Å². The van der Waals surface area contributed by atoms with Crippen molar-refractivity contribution in [1.82, 2.24) is 9.88 Å². The summed E-state index contributed by atoms with van der Waals surface area (Å²) in [6, 6.07) is 8.09. The first-order valence-corrected chi connectivity index (χ1v) is 9.64. The molecule has 2 aliphatic rings. The molecule has 0 unspecified atom stereocenters. The van der Waals surface area contributed by atoms with Gasteiger partial charge in [-0.25, -0.2) is 4.98 Å². The maximum Gasteiger partial charge on any atom is 0.311 e. The van der Waals surface area contributed by atoms with Crippen molar-refractivity contribution in [3.05, 3.63) is 35.4 Å². The number of nitrogens with zero attached hydrogens (tertiary/aromatic N) is 3. The van der Waals surface area contributed by atoms with E-state index >= 15 is 0 Å². The molecule has 1 aromatic heterocycles. The van der Waals surface area contributed by atoms with E-state index in [1.54, 1.807) is 0 Å². The Bertz CT molecular complexity index is 884. The number of rotatable bonds is 3. The predicted molar refractivity (Wildman–Crippen MR) is 105 cm³/mol. The fourth-order valence-corrected chi connectivity index (χ4v) is 4.88. The van der Waals surface area contributed by atoms with Crippen LogP contribution in [0.3, 0.4) is 0 Å². The summed E-state index contributed by atoms with van der Waals surface area (Å²) >= 11 is 0. The number of anilines is 1. The fraction of sp³-hybridized carbons (Fsp3) is 0.524. The number of aliphatic hydroxyl groups excluding tert-OH is 1. The Morgan fingerprint density at radius 3 is 2.85 bits per heavy atom. The van der Waals surface area contributed by atoms with E-state index in [2.05, 4.69) is 15.9 Å². The first-order valence-electron chi connectivity index (χ1n) is 9.64. The molecule has 2 fully saturated rings. The van der Waals surface area contributed by atoms with Crippen molar-refractivity contribution < 1.29 is 15.0 Å². The summed E-state index contributed by atoms with van der Waals surface area (Å²) in [6.45, 7) is 4.16. The van der Waals surface area contributed by atoms with E-state index in [0.29, 0.717) is 19.5 Å². The number of aliphatic hydroxyl groups is 1. The smallest absolute Gasteiger partial charge is 0.311 e. The Labute approximate surface area is 159 Å². The minimum Gasteiger partial charge on any atom is -0.481 e. The Morgan fingerprint density at radius 2 is 2.11 bits per heavy atom. The molecule has 0 aliphatic carbocycles. The van der Waals surface area contributed by atoms with Gasteiger partial charge in [0.05, 0.1) is 17.5 Å². The quantitative estimate of drug-likeness (QED) is 0.865. The highest BCUT2D eigenvalue weighted by Gasteiger charge is 2.52. The summed E-state index contributed by atoms with van der Waals surface area (Å²) in [6.07, 6.45) is 2.27. The number of likely N-dealkylation sites (N-methyl/N-ethyl adjacent to an activating group) is 1. The van der Waals surface area contributed by atoms with Crippen LogP contribution in [0.15, 0.2) is 24.3 Å². The number of carboxylic acid groups (broad SMARTS) is 1. The summed E-state index contributed by atoms with van der Waals surface area (Å²) in [5.74, 6) is 0.108. The number of hydrogen-bond acceptors (Lipinski definition) is 5. The Hall–Kier alpha value is -2.18. The number of piperidine rings is 2. The molecular weight excluding hydrogens is 342 g/mol. The Kier molecular flexibility index (Phi) is 4.56. The van der Waals surface area contributed by atoms with Gasteiger partial charge in [-0.2, -0.15) is 0 Å². The normalized spacial score (nSPS) is 26.2. The number of carbonyl (C=O) groups is 1. The van der Waals surface area contributed by atoms with Gasteiger partial charge < -0.3 is 20.0 Å². The van der Waals surface area contributed by atoms with Crippen molar-refractivity contribution >= 4 is 22.7 Å². The molecule has 2 aliphatic heterocycles. The molecule has 2 aromatic rings. The Balaban J connectivity index is 1.73. The topological polar surface area (TPSA) is 76.9 Å². The minimum atomic E-state index is -0.678. The lowest BCUT2D eigenvalue weighted by Gasteiger charge is -2.52. The second-order valence-electron chi connectivity index (χ2n) is 8.08. The van der Waals surface area contributed by atoms with E-state index in [1.807, 2.05) is 32.2 Å². The van der Waals surface area contributed by atoms with Crippen LogP contribution in [0.4, 0.5) is 5.82 Å². The molecule has 6 nitrogen and oxygen atoms in total. The number of likely N-dealkylation sites (tertiary alicyclic amines) is 1. The average molecular weight is 369 g/mol. The summed E-state index contributed by atoms with van der Waals surface area (Å²) < 4.78 is 0. The molecule has 0 spiro atoms. The van der Waals surface area contributed by atoms with Crippen LogP contribution in [0.5, 0.6) is 0 Å². The number of pyridine rings is 1. The van der Waals surface area contributed by atoms with E-state index in [9.17, 15) is 15.0 Å². The van der Waals surface area contributed by atoms with Crippen molar-refractivity contribution in [3.63, 3.8) is 0 Å². The molecule has 6 heteroatoms.